The molecule has 1 aromatic heterocycles. The first-order chi connectivity index (χ1) is 12.2. The van der Waals surface area contributed by atoms with Gasteiger partial charge in [-0.05, 0) is 62.1 Å². The van der Waals surface area contributed by atoms with E-state index in [1.165, 1.54) is 5.56 Å². The van der Waals surface area contributed by atoms with Crippen LogP contribution in [0.15, 0.2) is 41.2 Å². The Morgan fingerprint density at radius 3 is 2.80 bits per heavy atom. The molecule has 4 rings (SSSR count). The van der Waals surface area contributed by atoms with Gasteiger partial charge in [-0.1, -0.05) is 30.3 Å². The van der Waals surface area contributed by atoms with Gasteiger partial charge in [0, 0.05) is 18.3 Å². The van der Waals surface area contributed by atoms with Crippen LogP contribution in [0.5, 0.6) is 0 Å². The fraction of sp³-hybridized carbons (Fsp3) is 0.429. The van der Waals surface area contributed by atoms with Crippen LogP contribution in [-0.2, 0) is 19.3 Å². The number of fused-ring (bicyclic) bond motifs is 1. The topological polar surface area (TPSA) is 53.2 Å². The first kappa shape index (κ1) is 16.1. The van der Waals surface area contributed by atoms with Gasteiger partial charge in [-0.2, -0.15) is 0 Å². The van der Waals surface area contributed by atoms with Crippen molar-refractivity contribution in [2.45, 2.75) is 51.0 Å². The van der Waals surface area contributed by atoms with Crippen LogP contribution in [0.2, 0.25) is 0 Å². The molecule has 1 atom stereocenters. The number of aromatic nitrogens is 1. The second-order valence-electron chi connectivity index (χ2n) is 7.21. The zero-order chi connectivity index (χ0) is 17.2. The molecular formula is C21H24N2O2. The Morgan fingerprint density at radius 2 is 1.96 bits per heavy atom. The van der Waals surface area contributed by atoms with Crippen molar-refractivity contribution in [1.82, 2.24) is 9.88 Å². The third-order valence-electron chi connectivity index (χ3n) is 5.52. The van der Waals surface area contributed by atoms with E-state index < -0.39 is 0 Å². The van der Waals surface area contributed by atoms with Crippen LogP contribution in [0.4, 0.5) is 0 Å². The lowest BCUT2D eigenvalue weighted by atomic mass is 9.95. The Labute approximate surface area is 147 Å². The number of nitrogens with zero attached hydrogens (tertiary/aromatic N) is 1. The minimum absolute atomic E-state index is 0.100. The number of hydrogen-bond acceptors (Lipinski definition) is 2. The van der Waals surface area contributed by atoms with Crippen molar-refractivity contribution in [3.8, 4) is 0 Å². The number of carbonyl (C=O) groups excluding carboxylic acids is 1. The maximum absolute atomic E-state index is 13.1. The zero-order valence-electron chi connectivity index (χ0n) is 14.5. The van der Waals surface area contributed by atoms with Crippen LogP contribution in [0.25, 0.3) is 0 Å². The van der Waals surface area contributed by atoms with E-state index in [0.29, 0.717) is 5.56 Å². The Kier molecular flexibility index (Phi) is 4.43. The van der Waals surface area contributed by atoms with E-state index in [1.807, 2.05) is 29.2 Å². The summed E-state index contributed by atoms with van der Waals surface area (Å²) in [6, 6.07) is 12.3. The van der Waals surface area contributed by atoms with Crippen LogP contribution in [0, 0.1) is 0 Å². The third-order valence-corrected chi connectivity index (χ3v) is 5.52. The number of hydrogen-bond donors (Lipinski definition) is 1. The van der Waals surface area contributed by atoms with Gasteiger partial charge in [0.1, 0.15) is 5.56 Å². The van der Waals surface area contributed by atoms with Gasteiger partial charge in [0.25, 0.3) is 11.5 Å². The van der Waals surface area contributed by atoms with Gasteiger partial charge < -0.3 is 9.88 Å². The Bertz CT molecular complexity index is 826. The van der Waals surface area contributed by atoms with Gasteiger partial charge in [-0.15, -0.1) is 0 Å². The molecule has 0 radical (unpaired) electrons. The molecule has 0 unspecified atom stereocenters. The molecular weight excluding hydrogens is 312 g/mol. The number of benzene rings is 1. The number of carbonyl (C=O) groups is 1. The van der Waals surface area contributed by atoms with E-state index in [0.717, 1.165) is 62.7 Å². The molecule has 130 valence electrons. The smallest absolute Gasteiger partial charge is 0.261 e. The average molecular weight is 336 g/mol. The predicted octanol–water partition coefficient (Wildman–Crippen LogP) is 3.10. The lowest BCUT2D eigenvalue weighted by molar-refractivity contribution is 0.0611. The van der Waals surface area contributed by atoms with Gasteiger partial charge in [0.15, 0.2) is 0 Å². The van der Waals surface area contributed by atoms with Gasteiger partial charge in [-0.3, -0.25) is 9.59 Å². The van der Waals surface area contributed by atoms with Crippen molar-refractivity contribution in [3.63, 3.8) is 0 Å². The van der Waals surface area contributed by atoms with Crippen LogP contribution >= 0.6 is 0 Å². The van der Waals surface area contributed by atoms with Gasteiger partial charge >= 0.3 is 0 Å². The summed E-state index contributed by atoms with van der Waals surface area (Å²) in [5, 5.41) is 0. The molecule has 2 aromatic rings. The zero-order valence-corrected chi connectivity index (χ0v) is 14.5. The van der Waals surface area contributed by atoms with E-state index in [4.69, 9.17) is 0 Å². The molecule has 1 amide bonds. The number of pyridine rings is 1. The fourth-order valence-electron chi connectivity index (χ4n) is 4.19. The number of aromatic amines is 1. The minimum atomic E-state index is -0.227. The Morgan fingerprint density at radius 1 is 1.12 bits per heavy atom. The number of aryl methyl sites for hydroxylation is 2. The summed E-state index contributed by atoms with van der Waals surface area (Å²) in [4.78, 5) is 30.4. The largest absolute Gasteiger partial charge is 0.335 e. The van der Waals surface area contributed by atoms with Crippen molar-refractivity contribution in [1.29, 1.82) is 0 Å². The van der Waals surface area contributed by atoms with Gasteiger partial charge in [0.05, 0.1) is 0 Å². The number of rotatable bonds is 3. The molecule has 1 N–H and O–H groups in total. The molecule has 2 heterocycles. The van der Waals surface area contributed by atoms with Gasteiger partial charge in [0.2, 0.25) is 0 Å². The van der Waals surface area contributed by atoms with Crippen LogP contribution < -0.4 is 5.56 Å². The van der Waals surface area contributed by atoms with E-state index in [9.17, 15) is 9.59 Å². The molecule has 2 aliphatic rings. The monoisotopic (exact) mass is 336 g/mol. The number of piperidine rings is 1. The lowest BCUT2D eigenvalue weighted by Crippen LogP contribution is -2.46. The Balaban J connectivity index is 1.60. The predicted molar refractivity (Wildman–Crippen MR) is 97.9 cm³/mol. The van der Waals surface area contributed by atoms with Crippen molar-refractivity contribution >= 4 is 5.91 Å². The molecule has 1 aliphatic carbocycles. The first-order valence-electron chi connectivity index (χ1n) is 9.32. The van der Waals surface area contributed by atoms with E-state index in [2.05, 4.69) is 17.1 Å². The highest BCUT2D eigenvalue weighted by atomic mass is 16.2. The molecule has 1 fully saturated rings. The molecule has 25 heavy (non-hydrogen) atoms. The maximum atomic E-state index is 13.1. The summed E-state index contributed by atoms with van der Waals surface area (Å²) in [7, 11) is 0. The van der Waals surface area contributed by atoms with Crippen LogP contribution in [0.3, 0.4) is 0 Å². The number of likely N-dealkylation sites (tertiary alicyclic amines) is 1. The average Bonchev–Trinajstić information content (AvgIpc) is 3.09. The summed E-state index contributed by atoms with van der Waals surface area (Å²) in [5.74, 6) is -0.100. The second-order valence-corrected chi connectivity index (χ2v) is 7.21. The molecule has 1 saturated heterocycles. The third kappa shape index (κ3) is 3.26. The molecule has 1 aromatic carbocycles. The first-order valence-corrected chi connectivity index (χ1v) is 9.32. The van der Waals surface area contributed by atoms with Gasteiger partial charge in [-0.25, -0.2) is 0 Å². The molecule has 0 saturated carbocycles. The summed E-state index contributed by atoms with van der Waals surface area (Å²) in [6.45, 7) is 0.743. The van der Waals surface area contributed by atoms with Crippen molar-refractivity contribution in [3.05, 3.63) is 69.1 Å². The second kappa shape index (κ2) is 6.87. The SMILES string of the molecule is O=C(c1cc2c([nH]c1=O)CCC2)N1CCCC[C@H]1Cc1ccccc1. The summed E-state index contributed by atoms with van der Waals surface area (Å²) >= 11 is 0. The summed E-state index contributed by atoms with van der Waals surface area (Å²) < 4.78 is 0. The fourth-order valence-corrected chi connectivity index (χ4v) is 4.19. The molecule has 0 bridgehead atoms. The lowest BCUT2D eigenvalue weighted by Gasteiger charge is -2.36. The normalized spacial score (nSPS) is 19.7. The molecule has 0 spiro atoms. The molecule has 4 nitrogen and oxygen atoms in total. The Hall–Kier alpha value is -2.36. The number of nitrogens with one attached hydrogen (secondary N) is 1. The van der Waals surface area contributed by atoms with E-state index in [-0.39, 0.29) is 17.5 Å². The van der Waals surface area contributed by atoms with E-state index >= 15 is 0 Å². The van der Waals surface area contributed by atoms with Crippen molar-refractivity contribution < 1.29 is 4.79 Å². The summed E-state index contributed by atoms with van der Waals surface area (Å²) in [6.07, 6.45) is 6.95. The number of amides is 1. The molecule has 1 aliphatic heterocycles. The van der Waals surface area contributed by atoms with Crippen LogP contribution in [0.1, 0.15) is 52.9 Å². The van der Waals surface area contributed by atoms with Crippen molar-refractivity contribution in [2.24, 2.45) is 0 Å². The summed E-state index contributed by atoms with van der Waals surface area (Å²) in [5.41, 5.74) is 3.49. The van der Waals surface area contributed by atoms with Crippen molar-refractivity contribution in [2.75, 3.05) is 6.54 Å². The van der Waals surface area contributed by atoms with Crippen LogP contribution in [-0.4, -0.2) is 28.4 Å². The highest BCUT2D eigenvalue weighted by Gasteiger charge is 2.29. The quantitative estimate of drug-likeness (QED) is 0.936. The standard InChI is InChI=1S/C21H24N2O2/c24-20-18(14-16-9-6-11-19(16)22-20)21(25)23-12-5-4-10-17(23)13-15-7-2-1-3-8-15/h1-3,7-8,14,17H,4-6,9-13H2,(H,22,24)/t17-/m0/s1. The number of H-pyrrole nitrogens is 1. The highest BCUT2D eigenvalue weighted by molar-refractivity contribution is 5.94. The molecule has 4 heteroatoms. The highest BCUT2D eigenvalue weighted by Crippen LogP contribution is 2.24. The minimum Gasteiger partial charge on any atom is -0.335 e. The maximum Gasteiger partial charge on any atom is 0.261 e. The van der Waals surface area contributed by atoms with E-state index in [1.54, 1.807) is 0 Å².